The standard InChI is InChI=1S/C24H34N4O3/c29-21(25-12-8-15-27-13-6-1-2-7-14-27)20-17-24(23(31)26-20)11-16-28(18-24)22(30)19-9-4-3-5-10-19/h3-5,9-10,20H,1-2,6-8,11-18H2,(H,25,29)(H,26,31)/t20-,24+/m0/s1. The molecule has 3 aliphatic heterocycles. The largest absolute Gasteiger partial charge is 0.354 e. The molecule has 0 radical (unpaired) electrons. The Morgan fingerprint density at radius 2 is 1.81 bits per heavy atom. The zero-order valence-electron chi connectivity index (χ0n) is 18.3. The third kappa shape index (κ3) is 5.09. The van der Waals surface area contributed by atoms with E-state index in [-0.39, 0.29) is 17.7 Å². The Bertz CT molecular complexity index is 791. The lowest BCUT2D eigenvalue weighted by atomic mass is 9.84. The fraction of sp³-hybridized carbons (Fsp3) is 0.625. The quantitative estimate of drug-likeness (QED) is 0.680. The van der Waals surface area contributed by atoms with Crippen molar-refractivity contribution in [3.63, 3.8) is 0 Å². The third-order valence-corrected chi connectivity index (χ3v) is 7.01. The van der Waals surface area contributed by atoms with Crippen LogP contribution in [0.4, 0.5) is 0 Å². The molecule has 2 N–H and O–H groups in total. The van der Waals surface area contributed by atoms with Crippen LogP contribution in [-0.2, 0) is 9.59 Å². The van der Waals surface area contributed by atoms with Crippen LogP contribution in [0.3, 0.4) is 0 Å². The summed E-state index contributed by atoms with van der Waals surface area (Å²) in [7, 11) is 0. The molecule has 3 heterocycles. The summed E-state index contributed by atoms with van der Waals surface area (Å²) in [5.74, 6) is -0.249. The van der Waals surface area contributed by atoms with Crippen LogP contribution < -0.4 is 10.6 Å². The van der Waals surface area contributed by atoms with Crippen molar-refractivity contribution in [2.24, 2.45) is 5.41 Å². The van der Waals surface area contributed by atoms with Crippen LogP contribution in [-0.4, -0.2) is 72.8 Å². The van der Waals surface area contributed by atoms with E-state index in [1.54, 1.807) is 17.0 Å². The van der Waals surface area contributed by atoms with Crippen molar-refractivity contribution >= 4 is 17.7 Å². The van der Waals surface area contributed by atoms with Gasteiger partial charge in [0.25, 0.3) is 5.91 Å². The van der Waals surface area contributed by atoms with Crippen LogP contribution in [0.25, 0.3) is 0 Å². The monoisotopic (exact) mass is 426 g/mol. The van der Waals surface area contributed by atoms with Gasteiger partial charge in [-0.1, -0.05) is 31.0 Å². The molecule has 3 saturated heterocycles. The van der Waals surface area contributed by atoms with Gasteiger partial charge in [0.15, 0.2) is 0 Å². The SMILES string of the molecule is O=C(NCCCN1CCCCCC1)[C@@H]1C[C@@]2(CCN(C(=O)c3ccccc3)C2)C(=O)N1. The minimum atomic E-state index is -0.640. The van der Waals surface area contributed by atoms with Crippen molar-refractivity contribution in [3.05, 3.63) is 35.9 Å². The van der Waals surface area contributed by atoms with Gasteiger partial charge < -0.3 is 20.4 Å². The van der Waals surface area contributed by atoms with Gasteiger partial charge in [0, 0.05) is 25.2 Å². The number of nitrogens with one attached hydrogen (secondary N) is 2. The van der Waals surface area contributed by atoms with E-state index in [1.807, 2.05) is 18.2 Å². The molecule has 3 amide bonds. The van der Waals surface area contributed by atoms with E-state index >= 15 is 0 Å². The fourth-order valence-corrected chi connectivity index (χ4v) is 5.16. The number of carbonyl (C=O) groups excluding carboxylic acids is 3. The van der Waals surface area contributed by atoms with E-state index in [2.05, 4.69) is 15.5 Å². The topological polar surface area (TPSA) is 81.8 Å². The van der Waals surface area contributed by atoms with Crippen molar-refractivity contribution in [1.29, 1.82) is 0 Å². The Morgan fingerprint density at radius 1 is 1.06 bits per heavy atom. The first kappa shape index (κ1) is 21.8. The molecule has 0 unspecified atom stereocenters. The molecule has 4 rings (SSSR count). The van der Waals surface area contributed by atoms with E-state index in [1.165, 1.54) is 25.7 Å². The van der Waals surface area contributed by atoms with Gasteiger partial charge in [0.2, 0.25) is 11.8 Å². The fourth-order valence-electron chi connectivity index (χ4n) is 5.16. The molecule has 31 heavy (non-hydrogen) atoms. The second-order valence-electron chi connectivity index (χ2n) is 9.25. The highest BCUT2D eigenvalue weighted by Gasteiger charge is 2.53. The molecule has 1 aromatic carbocycles. The number of rotatable bonds is 6. The van der Waals surface area contributed by atoms with Gasteiger partial charge in [-0.05, 0) is 63.9 Å². The summed E-state index contributed by atoms with van der Waals surface area (Å²) in [5.41, 5.74) is -0.00459. The third-order valence-electron chi connectivity index (χ3n) is 7.01. The summed E-state index contributed by atoms with van der Waals surface area (Å²) in [6.45, 7) is 4.89. The number of benzene rings is 1. The van der Waals surface area contributed by atoms with Crippen LogP contribution in [0.5, 0.6) is 0 Å². The van der Waals surface area contributed by atoms with Crippen molar-refractivity contribution in [2.75, 3.05) is 39.3 Å². The summed E-state index contributed by atoms with van der Waals surface area (Å²) in [4.78, 5) is 42.4. The summed E-state index contributed by atoms with van der Waals surface area (Å²) in [6.07, 6.45) is 7.18. The molecule has 1 aromatic rings. The molecule has 2 atom stereocenters. The molecule has 7 heteroatoms. The summed E-state index contributed by atoms with van der Waals surface area (Å²) in [6, 6.07) is 8.65. The molecule has 0 bridgehead atoms. The zero-order valence-corrected chi connectivity index (χ0v) is 18.3. The maximum absolute atomic E-state index is 12.8. The first-order chi connectivity index (χ1) is 15.1. The summed E-state index contributed by atoms with van der Waals surface area (Å²) in [5, 5.41) is 5.89. The van der Waals surface area contributed by atoms with Crippen LogP contribution in [0, 0.1) is 5.41 Å². The molecule has 0 saturated carbocycles. The van der Waals surface area contributed by atoms with Gasteiger partial charge >= 0.3 is 0 Å². The Kier molecular flexibility index (Phi) is 6.90. The average Bonchev–Trinajstić information content (AvgIpc) is 3.25. The van der Waals surface area contributed by atoms with Crippen molar-refractivity contribution in [3.8, 4) is 0 Å². The molecule has 1 spiro atoms. The van der Waals surface area contributed by atoms with Crippen molar-refractivity contribution < 1.29 is 14.4 Å². The lowest BCUT2D eigenvalue weighted by Gasteiger charge is -2.21. The Labute approximate surface area is 184 Å². The summed E-state index contributed by atoms with van der Waals surface area (Å²) < 4.78 is 0. The van der Waals surface area contributed by atoms with Crippen LogP contribution >= 0.6 is 0 Å². The first-order valence-corrected chi connectivity index (χ1v) is 11.7. The normalized spacial score (nSPS) is 26.6. The predicted octanol–water partition coefficient (Wildman–Crippen LogP) is 1.79. The smallest absolute Gasteiger partial charge is 0.253 e. The molecule has 168 valence electrons. The number of likely N-dealkylation sites (tertiary alicyclic amines) is 2. The Balaban J connectivity index is 1.24. The molecule has 7 nitrogen and oxygen atoms in total. The molecule has 3 aliphatic rings. The van der Waals surface area contributed by atoms with Crippen LogP contribution in [0.2, 0.25) is 0 Å². The van der Waals surface area contributed by atoms with Gasteiger partial charge in [-0.15, -0.1) is 0 Å². The van der Waals surface area contributed by atoms with Gasteiger partial charge in [-0.3, -0.25) is 14.4 Å². The molecule has 0 aromatic heterocycles. The van der Waals surface area contributed by atoms with Gasteiger partial charge in [0.1, 0.15) is 6.04 Å². The summed E-state index contributed by atoms with van der Waals surface area (Å²) >= 11 is 0. The average molecular weight is 427 g/mol. The minimum absolute atomic E-state index is 0.0494. The second-order valence-corrected chi connectivity index (χ2v) is 9.25. The zero-order chi connectivity index (χ0) is 21.7. The number of carbonyl (C=O) groups is 3. The highest BCUT2D eigenvalue weighted by Crippen LogP contribution is 2.40. The molecular weight excluding hydrogens is 392 g/mol. The van der Waals surface area contributed by atoms with Crippen LogP contribution in [0.15, 0.2) is 30.3 Å². The minimum Gasteiger partial charge on any atom is -0.354 e. The first-order valence-electron chi connectivity index (χ1n) is 11.7. The van der Waals surface area contributed by atoms with Crippen molar-refractivity contribution in [1.82, 2.24) is 20.4 Å². The lowest BCUT2D eigenvalue weighted by molar-refractivity contribution is -0.128. The number of amides is 3. The maximum atomic E-state index is 12.8. The Hall–Kier alpha value is -2.41. The lowest BCUT2D eigenvalue weighted by Crippen LogP contribution is -2.42. The maximum Gasteiger partial charge on any atom is 0.253 e. The van der Waals surface area contributed by atoms with Gasteiger partial charge in [-0.25, -0.2) is 0 Å². The molecular formula is C24H34N4O3. The molecule has 0 aliphatic carbocycles. The number of hydrogen-bond donors (Lipinski definition) is 2. The van der Waals surface area contributed by atoms with E-state index in [0.717, 1.165) is 26.1 Å². The Morgan fingerprint density at radius 3 is 2.55 bits per heavy atom. The van der Waals surface area contributed by atoms with E-state index in [4.69, 9.17) is 0 Å². The molecule has 3 fully saturated rings. The highest BCUT2D eigenvalue weighted by atomic mass is 16.2. The predicted molar refractivity (Wildman–Crippen MR) is 118 cm³/mol. The van der Waals surface area contributed by atoms with E-state index in [9.17, 15) is 14.4 Å². The highest BCUT2D eigenvalue weighted by molar-refractivity contribution is 5.97. The van der Waals surface area contributed by atoms with E-state index < -0.39 is 11.5 Å². The van der Waals surface area contributed by atoms with Crippen LogP contribution in [0.1, 0.15) is 55.3 Å². The number of hydrogen-bond acceptors (Lipinski definition) is 4. The van der Waals surface area contributed by atoms with Gasteiger partial charge in [-0.2, -0.15) is 0 Å². The van der Waals surface area contributed by atoms with Gasteiger partial charge in [0.05, 0.1) is 5.41 Å². The van der Waals surface area contributed by atoms with E-state index in [0.29, 0.717) is 38.0 Å². The number of nitrogens with zero attached hydrogens (tertiary/aromatic N) is 2. The van der Waals surface area contributed by atoms with Crippen molar-refractivity contribution in [2.45, 2.75) is 51.0 Å². The second kappa shape index (κ2) is 9.81.